The van der Waals surface area contributed by atoms with Gasteiger partial charge >= 0.3 is 0 Å². The van der Waals surface area contributed by atoms with E-state index in [9.17, 15) is 0 Å². The molecule has 1 aromatic rings. The van der Waals surface area contributed by atoms with Crippen molar-refractivity contribution in [3.8, 4) is 0 Å². The van der Waals surface area contributed by atoms with Crippen molar-refractivity contribution in [3.05, 3.63) is 46.5 Å². The number of aryl methyl sites for hydroxylation is 3. The Kier molecular flexibility index (Phi) is 2.20. The first kappa shape index (κ1) is 10.1. The van der Waals surface area contributed by atoms with Gasteiger partial charge in [-0.25, -0.2) is 0 Å². The molecule has 0 heteroatoms. The van der Waals surface area contributed by atoms with Crippen LogP contribution in [-0.4, -0.2) is 0 Å². The molecule has 2 bridgehead atoms. The second kappa shape index (κ2) is 3.48. The van der Waals surface area contributed by atoms with Crippen molar-refractivity contribution < 1.29 is 0 Å². The molecular weight excluding hydrogens is 192 g/mol. The van der Waals surface area contributed by atoms with E-state index in [0.717, 1.165) is 17.8 Å². The Bertz CT molecular complexity index is 430. The van der Waals surface area contributed by atoms with Crippen LogP contribution >= 0.6 is 0 Å². The summed E-state index contributed by atoms with van der Waals surface area (Å²) in [5, 5.41) is 0. The standard InChI is InChI=1S/C16H20/c1-10-6-11(2)16(12(3)7-10)15-9-13-4-5-14(15)8-13/h4-7,13-15H,8-9H2,1-3H3/t13?,14?,15-/m1/s1. The van der Waals surface area contributed by atoms with E-state index in [1.165, 1.54) is 29.5 Å². The van der Waals surface area contributed by atoms with E-state index in [4.69, 9.17) is 0 Å². The molecule has 0 aromatic heterocycles. The van der Waals surface area contributed by atoms with Gasteiger partial charge < -0.3 is 0 Å². The lowest BCUT2D eigenvalue weighted by Crippen LogP contribution is -2.09. The monoisotopic (exact) mass is 212 g/mol. The van der Waals surface area contributed by atoms with Gasteiger partial charge in [-0.1, -0.05) is 29.8 Å². The average molecular weight is 212 g/mol. The van der Waals surface area contributed by atoms with Gasteiger partial charge in [0.25, 0.3) is 0 Å². The van der Waals surface area contributed by atoms with Crippen molar-refractivity contribution in [3.63, 3.8) is 0 Å². The lowest BCUT2D eigenvalue weighted by molar-refractivity contribution is 0.579. The largest absolute Gasteiger partial charge is 0.0851 e. The van der Waals surface area contributed by atoms with Crippen LogP contribution in [0.15, 0.2) is 24.3 Å². The molecule has 0 spiro atoms. The molecular formula is C16H20. The normalized spacial score (nSPS) is 31.3. The highest BCUT2D eigenvalue weighted by Crippen LogP contribution is 2.50. The molecule has 84 valence electrons. The maximum Gasteiger partial charge on any atom is -0.00879 e. The van der Waals surface area contributed by atoms with Crippen molar-refractivity contribution in [2.45, 2.75) is 39.5 Å². The van der Waals surface area contributed by atoms with E-state index < -0.39 is 0 Å². The van der Waals surface area contributed by atoms with E-state index in [1.54, 1.807) is 5.56 Å². The van der Waals surface area contributed by atoms with Gasteiger partial charge in [-0.2, -0.15) is 0 Å². The lowest BCUT2D eigenvalue weighted by Gasteiger charge is -2.23. The van der Waals surface area contributed by atoms with Gasteiger partial charge in [0.1, 0.15) is 0 Å². The lowest BCUT2D eigenvalue weighted by atomic mass is 9.81. The Labute approximate surface area is 98.4 Å². The average Bonchev–Trinajstić information content (AvgIpc) is 2.77. The minimum atomic E-state index is 0.801. The molecule has 3 rings (SSSR count). The Morgan fingerprint density at radius 1 is 0.938 bits per heavy atom. The number of hydrogen-bond donors (Lipinski definition) is 0. The molecule has 1 aromatic carbocycles. The SMILES string of the molecule is Cc1cc(C)c([C@@H]2CC3C=CC2C3)c(C)c1. The smallest absolute Gasteiger partial charge is 0.00879 e. The third kappa shape index (κ3) is 1.43. The third-order valence-electron chi connectivity index (χ3n) is 4.39. The molecule has 0 heterocycles. The summed E-state index contributed by atoms with van der Waals surface area (Å²) in [6.45, 7) is 6.76. The fraction of sp³-hybridized carbons (Fsp3) is 0.500. The summed E-state index contributed by atoms with van der Waals surface area (Å²) in [5.74, 6) is 2.50. The number of allylic oxidation sites excluding steroid dienone is 2. The Balaban J connectivity index is 2.04. The minimum absolute atomic E-state index is 0.801. The molecule has 0 N–H and O–H groups in total. The van der Waals surface area contributed by atoms with E-state index in [1.807, 2.05) is 0 Å². The summed E-state index contributed by atoms with van der Waals surface area (Å²) in [6, 6.07) is 4.69. The van der Waals surface area contributed by atoms with Crippen LogP contribution in [0.2, 0.25) is 0 Å². The molecule has 0 amide bonds. The van der Waals surface area contributed by atoms with Crippen LogP contribution in [0.5, 0.6) is 0 Å². The first-order valence-electron chi connectivity index (χ1n) is 6.41. The van der Waals surface area contributed by atoms with Crippen LogP contribution in [0.1, 0.15) is 41.0 Å². The van der Waals surface area contributed by atoms with Crippen molar-refractivity contribution >= 4 is 0 Å². The highest BCUT2D eigenvalue weighted by atomic mass is 14.4. The molecule has 2 aliphatic carbocycles. The molecule has 2 unspecified atom stereocenters. The van der Waals surface area contributed by atoms with E-state index >= 15 is 0 Å². The van der Waals surface area contributed by atoms with Gasteiger partial charge in [0.2, 0.25) is 0 Å². The zero-order chi connectivity index (χ0) is 11.3. The molecule has 0 nitrogen and oxygen atoms in total. The second-order valence-corrected chi connectivity index (χ2v) is 5.70. The van der Waals surface area contributed by atoms with Gasteiger partial charge in [0.15, 0.2) is 0 Å². The highest BCUT2D eigenvalue weighted by Gasteiger charge is 2.37. The summed E-state index contributed by atoms with van der Waals surface area (Å²) in [6.07, 6.45) is 7.67. The van der Waals surface area contributed by atoms with Crippen LogP contribution < -0.4 is 0 Å². The van der Waals surface area contributed by atoms with Crippen molar-refractivity contribution in [2.75, 3.05) is 0 Å². The maximum atomic E-state index is 2.46. The van der Waals surface area contributed by atoms with Crippen LogP contribution in [0, 0.1) is 32.6 Å². The van der Waals surface area contributed by atoms with E-state index in [2.05, 4.69) is 45.1 Å². The van der Waals surface area contributed by atoms with Gasteiger partial charge in [-0.15, -0.1) is 0 Å². The number of hydrogen-bond acceptors (Lipinski definition) is 0. The van der Waals surface area contributed by atoms with Gasteiger partial charge in [0.05, 0.1) is 0 Å². The number of rotatable bonds is 1. The van der Waals surface area contributed by atoms with Gasteiger partial charge in [0, 0.05) is 0 Å². The molecule has 16 heavy (non-hydrogen) atoms. The summed E-state index contributed by atoms with van der Waals surface area (Å²) in [5.41, 5.74) is 6.05. The molecule has 2 aliphatic rings. The summed E-state index contributed by atoms with van der Waals surface area (Å²) in [7, 11) is 0. The molecule has 0 saturated heterocycles. The Morgan fingerprint density at radius 3 is 2.12 bits per heavy atom. The fourth-order valence-electron chi connectivity index (χ4n) is 3.89. The molecule has 0 aliphatic heterocycles. The Hall–Kier alpha value is -1.04. The summed E-state index contributed by atoms with van der Waals surface area (Å²) >= 11 is 0. The topological polar surface area (TPSA) is 0 Å². The third-order valence-corrected chi connectivity index (χ3v) is 4.39. The van der Waals surface area contributed by atoms with E-state index in [0.29, 0.717) is 0 Å². The van der Waals surface area contributed by atoms with Crippen LogP contribution in [0.3, 0.4) is 0 Å². The molecule has 1 saturated carbocycles. The zero-order valence-electron chi connectivity index (χ0n) is 10.5. The van der Waals surface area contributed by atoms with Crippen LogP contribution in [-0.2, 0) is 0 Å². The summed E-state index contributed by atoms with van der Waals surface area (Å²) < 4.78 is 0. The molecule has 3 atom stereocenters. The van der Waals surface area contributed by atoms with Crippen LogP contribution in [0.4, 0.5) is 0 Å². The van der Waals surface area contributed by atoms with Crippen molar-refractivity contribution in [1.29, 1.82) is 0 Å². The zero-order valence-corrected chi connectivity index (χ0v) is 10.5. The van der Waals surface area contributed by atoms with Gasteiger partial charge in [-0.05, 0) is 68.1 Å². The highest BCUT2D eigenvalue weighted by molar-refractivity contribution is 5.42. The molecule has 1 fully saturated rings. The fourth-order valence-corrected chi connectivity index (χ4v) is 3.89. The summed E-state index contributed by atoms with van der Waals surface area (Å²) in [4.78, 5) is 0. The second-order valence-electron chi connectivity index (χ2n) is 5.70. The van der Waals surface area contributed by atoms with E-state index in [-0.39, 0.29) is 0 Å². The first-order valence-corrected chi connectivity index (χ1v) is 6.41. The number of fused-ring (bicyclic) bond motifs is 2. The predicted molar refractivity (Wildman–Crippen MR) is 68.7 cm³/mol. The number of benzene rings is 1. The Morgan fingerprint density at radius 2 is 1.62 bits per heavy atom. The first-order chi connectivity index (χ1) is 7.65. The molecule has 0 radical (unpaired) electrons. The predicted octanol–water partition coefficient (Wildman–Crippen LogP) is 4.29. The van der Waals surface area contributed by atoms with Crippen molar-refractivity contribution in [2.24, 2.45) is 11.8 Å². The van der Waals surface area contributed by atoms with Gasteiger partial charge in [-0.3, -0.25) is 0 Å². The van der Waals surface area contributed by atoms with Crippen LogP contribution in [0.25, 0.3) is 0 Å². The quantitative estimate of drug-likeness (QED) is 0.609. The minimum Gasteiger partial charge on any atom is -0.0851 e. The van der Waals surface area contributed by atoms with Crippen molar-refractivity contribution in [1.82, 2.24) is 0 Å². The maximum absolute atomic E-state index is 2.46.